The minimum atomic E-state index is 0.0156. The maximum Gasteiger partial charge on any atom is 0.0672 e. The molecule has 1 unspecified atom stereocenters. The van der Waals surface area contributed by atoms with Crippen LogP contribution in [0.3, 0.4) is 0 Å². The molecule has 1 aromatic heterocycles. The molecule has 0 radical (unpaired) electrons. The van der Waals surface area contributed by atoms with Crippen LogP contribution < -0.4 is 0 Å². The van der Waals surface area contributed by atoms with Gasteiger partial charge in [-0.05, 0) is 22.9 Å². The summed E-state index contributed by atoms with van der Waals surface area (Å²) in [6.07, 6.45) is 3.57. The Morgan fingerprint density at radius 3 is 3.09 bits per heavy atom. The van der Waals surface area contributed by atoms with Crippen LogP contribution in [0.15, 0.2) is 16.9 Å². The molecule has 0 aliphatic carbocycles. The Labute approximate surface area is 73.8 Å². The Bertz CT molecular complexity index is 273. The molecule has 0 bridgehead atoms. The normalized spacial score (nSPS) is 12.5. The van der Waals surface area contributed by atoms with E-state index in [1.54, 1.807) is 10.9 Å². The van der Waals surface area contributed by atoms with Crippen molar-refractivity contribution >= 4 is 15.9 Å². The second kappa shape index (κ2) is 3.54. The average molecular weight is 214 g/mol. The molecular weight excluding hydrogens is 206 g/mol. The number of rotatable bonds is 2. The lowest BCUT2D eigenvalue weighted by Crippen LogP contribution is -2.05. The van der Waals surface area contributed by atoms with Gasteiger partial charge in [0.25, 0.3) is 0 Å². The molecule has 1 aromatic rings. The summed E-state index contributed by atoms with van der Waals surface area (Å²) in [4.78, 5) is 0. The van der Waals surface area contributed by atoms with Crippen LogP contribution in [0.2, 0.25) is 0 Å². The van der Waals surface area contributed by atoms with Gasteiger partial charge in [0.1, 0.15) is 0 Å². The van der Waals surface area contributed by atoms with Crippen LogP contribution in [0.4, 0.5) is 0 Å². The van der Waals surface area contributed by atoms with Crippen LogP contribution in [0.25, 0.3) is 0 Å². The largest absolute Gasteiger partial charge is 0.270 e. The van der Waals surface area contributed by atoms with E-state index >= 15 is 0 Å². The summed E-state index contributed by atoms with van der Waals surface area (Å²) in [7, 11) is 0. The van der Waals surface area contributed by atoms with Gasteiger partial charge in [-0.25, -0.2) is 0 Å². The monoisotopic (exact) mass is 213 g/mol. The van der Waals surface area contributed by atoms with Gasteiger partial charge in [0.15, 0.2) is 0 Å². The quantitative estimate of drug-likeness (QED) is 0.753. The Kier molecular flexibility index (Phi) is 2.66. The highest BCUT2D eigenvalue weighted by atomic mass is 79.9. The number of halogens is 1. The Morgan fingerprint density at radius 2 is 2.64 bits per heavy atom. The van der Waals surface area contributed by atoms with Crippen LogP contribution in [-0.4, -0.2) is 9.78 Å². The standard InChI is InChI=1S/C7H8BrN3/c1-6(2-9)4-11-5-7(8)3-10-11/h3,5-6H,4H2,1H3. The van der Waals surface area contributed by atoms with Crippen molar-refractivity contribution in [3.63, 3.8) is 0 Å². The lowest BCUT2D eigenvalue weighted by atomic mass is 10.2. The van der Waals surface area contributed by atoms with E-state index in [9.17, 15) is 0 Å². The lowest BCUT2D eigenvalue weighted by molar-refractivity contribution is 0.528. The molecule has 4 heteroatoms. The lowest BCUT2D eigenvalue weighted by Gasteiger charge is -2.00. The molecule has 1 rings (SSSR count). The smallest absolute Gasteiger partial charge is 0.0672 e. The average Bonchev–Trinajstić information content (AvgIpc) is 2.35. The first-order valence-corrected chi connectivity index (χ1v) is 4.09. The van der Waals surface area contributed by atoms with E-state index in [0.717, 1.165) is 4.47 Å². The summed E-state index contributed by atoms with van der Waals surface area (Å²) in [5, 5.41) is 12.5. The van der Waals surface area contributed by atoms with Crippen molar-refractivity contribution in [2.45, 2.75) is 13.5 Å². The van der Waals surface area contributed by atoms with Crippen molar-refractivity contribution in [1.29, 1.82) is 5.26 Å². The number of nitriles is 1. The zero-order valence-corrected chi connectivity index (χ0v) is 7.74. The highest BCUT2D eigenvalue weighted by Crippen LogP contribution is 2.07. The van der Waals surface area contributed by atoms with Gasteiger partial charge in [-0.2, -0.15) is 10.4 Å². The van der Waals surface area contributed by atoms with Gasteiger partial charge < -0.3 is 0 Å². The zero-order valence-electron chi connectivity index (χ0n) is 6.16. The molecule has 0 saturated carbocycles. The first-order valence-electron chi connectivity index (χ1n) is 3.30. The Balaban J connectivity index is 2.59. The van der Waals surface area contributed by atoms with E-state index in [4.69, 9.17) is 5.26 Å². The van der Waals surface area contributed by atoms with Crippen molar-refractivity contribution in [3.05, 3.63) is 16.9 Å². The summed E-state index contributed by atoms with van der Waals surface area (Å²) < 4.78 is 2.69. The van der Waals surface area contributed by atoms with Crippen LogP contribution in [0.1, 0.15) is 6.92 Å². The number of aromatic nitrogens is 2. The summed E-state index contributed by atoms with van der Waals surface area (Å²) >= 11 is 3.28. The molecule has 1 atom stereocenters. The third kappa shape index (κ3) is 2.35. The van der Waals surface area contributed by atoms with Gasteiger partial charge in [0.2, 0.25) is 0 Å². The van der Waals surface area contributed by atoms with Crippen LogP contribution in [0.5, 0.6) is 0 Å². The van der Waals surface area contributed by atoms with Crippen LogP contribution in [-0.2, 0) is 6.54 Å². The Hall–Kier alpha value is -0.820. The van der Waals surface area contributed by atoms with E-state index < -0.39 is 0 Å². The van der Waals surface area contributed by atoms with Gasteiger partial charge in [-0.1, -0.05) is 0 Å². The van der Waals surface area contributed by atoms with E-state index in [1.165, 1.54) is 0 Å². The second-order valence-corrected chi connectivity index (χ2v) is 3.33. The molecule has 0 fully saturated rings. The van der Waals surface area contributed by atoms with Crippen LogP contribution >= 0.6 is 15.9 Å². The predicted molar refractivity (Wildman–Crippen MR) is 44.7 cm³/mol. The van der Waals surface area contributed by atoms with E-state index in [1.807, 2.05) is 13.1 Å². The summed E-state index contributed by atoms with van der Waals surface area (Å²) in [6, 6.07) is 2.15. The maximum absolute atomic E-state index is 8.50. The van der Waals surface area contributed by atoms with Gasteiger partial charge in [0, 0.05) is 6.20 Å². The summed E-state index contributed by atoms with van der Waals surface area (Å²) in [5.41, 5.74) is 0. The van der Waals surface area contributed by atoms with Crippen molar-refractivity contribution < 1.29 is 0 Å². The topological polar surface area (TPSA) is 41.6 Å². The predicted octanol–water partition coefficient (Wildman–Crippen LogP) is 1.81. The van der Waals surface area contributed by atoms with Crippen molar-refractivity contribution in [3.8, 4) is 6.07 Å². The minimum absolute atomic E-state index is 0.0156. The van der Waals surface area contributed by atoms with Gasteiger partial charge in [-0.3, -0.25) is 4.68 Å². The summed E-state index contributed by atoms with van der Waals surface area (Å²) in [5.74, 6) is 0.0156. The van der Waals surface area contributed by atoms with E-state index in [2.05, 4.69) is 27.1 Å². The summed E-state index contributed by atoms with van der Waals surface area (Å²) in [6.45, 7) is 2.53. The molecule has 0 N–H and O–H groups in total. The molecular formula is C7H8BrN3. The molecule has 0 aliphatic rings. The molecule has 0 aliphatic heterocycles. The molecule has 11 heavy (non-hydrogen) atoms. The molecule has 0 saturated heterocycles. The van der Waals surface area contributed by atoms with Gasteiger partial charge in [0.05, 0.1) is 29.2 Å². The number of nitrogens with zero attached hydrogens (tertiary/aromatic N) is 3. The highest BCUT2D eigenvalue weighted by molar-refractivity contribution is 9.10. The zero-order chi connectivity index (χ0) is 8.27. The fraction of sp³-hybridized carbons (Fsp3) is 0.429. The van der Waals surface area contributed by atoms with Gasteiger partial charge in [-0.15, -0.1) is 0 Å². The van der Waals surface area contributed by atoms with Gasteiger partial charge >= 0.3 is 0 Å². The first kappa shape index (κ1) is 8.28. The maximum atomic E-state index is 8.50. The van der Waals surface area contributed by atoms with Crippen molar-refractivity contribution in [1.82, 2.24) is 9.78 Å². The molecule has 0 amide bonds. The van der Waals surface area contributed by atoms with E-state index in [-0.39, 0.29) is 5.92 Å². The molecule has 0 aromatic carbocycles. The fourth-order valence-corrected chi connectivity index (χ4v) is 1.09. The molecule has 58 valence electrons. The second-order valence-electron chi connectivity index (χ2n) is 2.41. The first-order chi connectivity index (χ1) is 5.22. The molecule has 3 nitrogen and oxygen atoms in total. The van der Waals surface area contributed by atoms with Crippen molar-refractivity contribution in [2.75, 3.05) is 0 Å². The van der Waals surface area contributed by atoms with Crippen LogP contribution in [0, 0.1) is 17.2 Å². The van der Waals surface area contributed by atoms with E-state index in [0.29, 0.717) is 6.54 Å². The minimum Gasteiger partial charge on any atom is -0.270 e. The SMILES string of the molecule is CC(C#N)Cn1cc(Br)cn1. The molecule has 1 heterocycles. The van der Waals surface area contributed by atoms with Crippen molar-refractivity contribution in [2.24, 2.45) is 5.92 Å². The Morgan fingerprint density at radius 1 is 1.91 bits per heavy atom. The third-order valence-electron chi connectivity index (χ3n) is 1.28. The number of hydrogen-bond donors (Lipinski definition) is 0. The third-order valence-corrected chi connectivity index (χ3v) is 1.69. The fourth-order valence-electron chi connectivity index (χ4n) is 0.760. The molecule has 0 spiro atoms. The number of hydrogen-bond acceptors (Lipinski definition) is 2. The highest BCUT2D eigenvalue weighted by Gasteiger charge is 2.01.